The zero-order chi connectivity index (χ0) is 56.7. The maximum Gasteiger partial charge on any atom is 0.0731 e. The molecule has 0 atom stereocenters. The first kappa shape index (κ1) is 56.2. The van der Waals surface area contributed by atoms with E-state index in [9.17, 15) is 0 Å². The van der Waals surface area contributed by atoms with Crippen molar-refractivity contribution < 1.29 is 0 Å². The monoisotopic (exact) mass is 1050 g/mol. The first-order valence-corrected chi connectivity index (χ1v) is 28.2. The van der Waals surface area contributed by atoms with Crippen molar-refractivity contribution in [2.45, 2.75) is 68.2 Å². The minimum Gasteiger partial charge on any atom is -0.261 e. The fourth-order valence-electron chi connectivity index (χ4n) is 10.6. The lowest BCUT2D eigenvalue weighted by Gasteiger charge is -2.14. The third kappa shape index (κ3) is 13.3. The van der Waals surface area contributed by atoms with Crippen LogP contribution in [0.15, 0.2) is 292 Å². The van der Waals surface area contributed by atoms with Crippen LogP contribution in [0.1, 0.15) is 93.0 Å². The van der Waals surface area contributed by atoms with Crippen LogP contribution in [0.4, 0.5) is 5.69 Å². The average molecular weight is 1050 g/mol. The van der Waals surface area contributed by atoms with Crippen molar-refractivity contribution in [3.8, 4) is 44.5 Å². The Morgan fingerprint density at radius 2 is 1.12 bits per heavy atom. The van der Waals surface area contributed by atoms with Crippen molar-refractivity contribution in [2.24, 2.45) is 15.0 Å². The van der Waals surface area contributed by atoms with Gasteiger partial charge in [0.2, 0.25) is 0 Å². The smallest absolute Gasteiger partial charge is 0.0731 e. The molecule has 0 saturated heterocycles. The van der Waals surface area contributed by atoms with Gasteiger partial charge in [0.15, 0.2) is 0 Å². The number of allylic oxidation sites excluding steroid dienone is 11. The quantitative estimate of drug-likeness (QED) is 0.0703. The number of hydrogen-bond acceptors (Lipinski definition) is 3. The lowest BCUT2D eigenvalue weighted by Crippen LogP contribution is -2.01. The summed E-state index contributed by atoms with van der Waals surface area (Å²) >= 11 is 0. The number of fused-ring (bicyclic) bond motifs is 6. The number of nitrogens with zero attached hydrogens (tertiary/aromatic N) is 3. The molecule has 3 nitrogen and oxygen atoms in total. The molecule has 11 rings (SSSR count). The summed E-state index contributed by atoms with van der Waals surface area (Å²) < 4.78 is 0. The molecule has 3 aliphatic rings. The first-order chi connectivity index (χ1) is 39.6. The van der Waals surface area contributed by atoms with Crippen LogP contribution in [0.5, 0.6) is 0 Å². The van der Waals surface area contributed by atoms with Gasteiger partial charge in [-0.2, -0.15) is 0 Å². The Morgan fingerprint density at radius 3 is 1.85 bits per heavy atom. The van der Waals surface area contributed by atoms with Gasteiger partial charge in [0.25, 0.3) is 0 Å². The summed E-state index contributed by atoms with van der Waals surface area (Å²) in [6.07, 6.45) is 22.2. The van der Waals surface area contributed by atoms with E-state index in [2.05, 4.69) is 221 Å². The largest absolute Gasteiger partial charge is 0.261 e. The van der Waals surface area contributed by atoms with E-state index in [0.29, 0.717) is 0 Å². The number of benzene rings is 8. The summed E-state index contributed by atoms with van der Waals surface area (Å²) in [4.78, 5) is 15.2. The van der Waals surface area contributed by atoms with Crippen LogP contribution in [-0.2, 0) is 12.8 Å². The van der Waals surface area contributed by atoms with Crippen molar-refractivity contribution in [3.63, 3.8) is 0 Å². The molecule has 0 radical (unpaired) electrons. The fraction of sp³-hybridized carbons (Fsp3) is 0.128. The molecular weight excluding hydrogens is 979 g/mol. The number of rotatable bonds is 11. The molecule has 398 valence electrons. The summed E-state index contributed by atoms with van der Waals surface area (Å²) in [5.41, 5.74) is 32.1. The van der Waals surface area contributed by atoms with Gasteiger partial charge in [-0.3, -0.25) is 9.98 Å². The van der Waals surface area contributed by atoms with Gasteiger partial charge in [0.1, 0.15) is 0 Å². The molecule has 0 aliphatic heterocycles. The summed E-state index contributed by atoms with van der Waals surface area (Å²) in [5.74, 6) is 0. The third-order valence-corrected chi connectivity index (χ3v) is 14.7. The van der Waals surface area contributed by atoms with Crippen LogP contribution in [0.25, 0.3) is 55.8 Å². The highest BCUT2D eigenvalue weighted by Gasteiger charge is 2.23. The lowest BCUT2D eigenvalue weighted by molar-refractivity contribution is 1.24. The topological polar surface area (TPSA) is 37.1 Å². The molecule has 3 heteroatoms. The molecule has 0 saturated carbocycles. The average Bonchev–Trinajstić information content (AvgIpc) is 4.25. The van der Waals surface area contributed by atoms with Gasteiger partial charge < -0.3 is 0 Å². The third-order valence-electron chi connectivity index (χ3n) is 14.7. The molecule has 3 aliphatic carbocycles. The van der Waals surface area contributed by atoms with E-state index in [1.54, 1.807) is 0 Å². The Balaban J connectivity index is 0.000000229. The standard InChI is InChI=1S/C50H42N2.C26H23N.C2H6/c1-5-51-50(43-23-14-9-7-6-8-11-19-35(2)37(43)4)34-49(38-20-12-10-13-21-38)52-48-26-18-17-25-45(48)46-32-39(28-27-36(46)3)40-29-30-42-31-41-22-15-16-24-44(41)47(42)33-40;1-18(2)27-25(16-19(3)20-10-5-4-6-11-20)24-15-9-13-22-17-21-12-7-8-14-23(21)26(22)24;1-2/h5-6,8-30,32-34H,31H2,1-4H3;4-16H,3,17H2,1-2H3;1-2H3/b11-8-,23-14-,35-19+,43-37-,50-34-,51-5?,52-49?;25-16-;. The van der Waals surface area contributed by atoms with Crippen LogP contribution in [0.2, 0.25) is 0 Å². The summed E-state index contributed by atoms with van der Waals surface area (Å²) in [7, 11) is 0. The molecule has 0 spiro atoms. The van der Waals surface area contributed by atoms with E-state index >= 15 is 0 Å². The predicted molar refractivity (Wildman–Crippen MR) is 351 cm³/mol. The number of aliphatic imine (C=N–C) groups is 3. The molecule has 0 unspecified atom stereocenters. The molecule has 8 aromatic carbocycles. The summed E-state index contributed by atoms with van der Waals surface area (Å²) in [5, 5.41) is 0. The number of para-hydroxylation sites is 1. The molecule has 8 aromatic rings. The molecule has 0 bridgehead atoms. The molecular formula is C78H71N3. The van der Waals surface area contributed by atoms with Gasteiger partial charge >= 0.3 is 0 Å². The fourth-order valence-corrected chi connectivity index (χ4v) is 10.6. The maximum atomic E-state index is 5.44. The van der Waals surface area contributed by atoms with Crippen molar-refractivity contribution in [1.82, 2.24) is 0 Å². The van der Waals surface area contributed by atoms with E-state index in [4.69, 9.17) is 15.0 Å². The second-order valence-corrected chi connectivity index (χ2v) is 20.3. The Bertz CT molecular complexity index is 3980. The SMILES string of the molecule is C=C(/C=C(\N=C(C)C)c1cccc2c1-c1ccccc1C2)c1ccccc1.CC.CC=NC(=C\C(=Nc1ccccc1-c1cc(-c2ccc3c(c2)-c2ccccc2C3)ccc1C)c1ccccc1)/C1=C(C)\C(C)=C\C=C/C=C=C/C=C\1. The van der Waals surface area contributed by atoms with Crippen molar-refractivity contribution in [2.75, 3.05) is 0 Å². The Hall–Kier alpha value is -9.53. The molecule has 0 amide bonds. The van der Waals surface area contributed by atoms with Crippen molar-refractivity contribution in [1.29, 1.82) is 0 Å². The van der Waals surface area contributed by atoms with Gasteiger partial charge in [-0.25, -0.2) is 4.99 Å². The van der Waals surface area contributed by atoms with E-state index in [0.717, 1.165) is 80.3 Å². The van der Waals surface area contributed by atoms with E-state index in [1.165, 1.54) is 72.3 Å². The normalized spacial score (nSPS) is 15.8. The number of aryl methyl sites for hydroxylation is 1. The Morgan fingerprint density at radius 1 is 0.531 bits per heavy atom. The van der Waals surface area contributed by atoms with Crippen molar-refractivity contribution >= 4 is 34.6 Å². The predicted octanol–water partition coefficient (Wildman–Crippen LogP) is 20.9. The minimum absolute atomic E-state index is 0.833. The van der Waals surface area contributed by atoms with Crippen LogP contribution in [0.3, 0.4) is 0 Å². The Labute approximate surface area is 481 Å². The second-order valence-electron chi connectivity index (χ2n) is 20.3. The van der Waals surface area contributed by atoms with E-state index in [1.807, 2.05) is 95.5 Å². The first-order valence-electron chi connectivity index (χ1n) is 28.2. The van der Waals surface area contributed by atoms with Crippen LogP contribution in [-0.4, -0.2) is 17.6 Å². The Kier molecular flexibility index (Phi) is 18.7. The van der Waals surface area contributed by atoms with Gasteiger partial charge in [0.05, 0.1) is 22.8 Å². The van der Waals surface area contributed by atoms with Gasteiger partial charge in [-0.05, 0) is 186 Å². The molecule has 81 heavy (non-hydrogen) atoms. The number of hydrogen-bond donors (Lipinski definition) is 0. The van der Waals surface area contributed by atoms with Gasteiger partial charge in [-0.15, -0.1) is 5.73 Å². The molecule has 0 aromatic heterocycles. The van der Waals surface area contributed by atoms with E-state index < -0.39 is 0 Å². The summed E-state index contributed by atoms with van der Waals surface area (Å²) in [6.45, 7) is 20.8. The highest BCUT2D eigenvalue weighted by molar-refractivity contribution is 6.11. The van der Waals surface area contributed by atoms with Gasteiger partial charge in [0, 0.05) is 34.2 Å². The zero-order valence-electron chi connectivity index (χ0n) is 48.1. The van der Waals surface area contributed by atoms with Crippen LogP contribution < -0.4 is 0 Å². The summed E-state index contributed by atoms with van der Waals surface area (Å²) in [6, 6.07) is 66.8. The van der Waals surface area contributed by atoms with Gasteiger partial charge in [-0.1, -0.05) is 221 Å². The minimum atomic E-state index is 0.833. The van der Waals surface area contributed by atoms with Crippen molar-refractivity contribution in [3.05, 3.63) is 322 Å². The zero-order valence-corrected chi connectivity index (χ0v) is 48.1. The maximum absolute atomic E-state index is 5.44. The van der Waals surface area contributed by atoms with E-state index in [-0.39, 0.29) is 0 Å². The highest BCUT2D eigenvalue weighted by atomic mass is 14.8. The lowest BCUT2D eigenvalue weighted by atomic mass is 9.92. The molecule has 0 N–H and O–H groups in total. The highest BCUT2D eigenvalue weighted by Crippen LogP contribution is 2.43. The van der Waals surface area contributed by atoms with Crippen LogP contribution in [0, 0.1) is 6.92 Å². The van der Waals surface area contributed by atoms with Crippen LogP contribution >= 0.6 is 0 Å². The second kappa shape index (κ2) is 26.9. The molecule has 0 heterocycles. The molecule has 0 fully saturated rings.